The molecule has 0 aromatic heterocycles. The van der Waals surface area contributed by atoms with E-state index >= 15 is 0 Å². The maximum absolute atomic E-state index is 10.4. The third-order valence-corrected chi connectivity index (χ3v) is 2.30. The van der Waals surface area contributed by atoms with Crippen molar-refractivity contribution in [2.24, 2.45) is 5.73 Å². The van der Waals surface area contributed by atoms with E-state index < -0.39 is 24.2 Å². The average molecular weight is 189 g/mol. The summed E-state index contributed by atoms with van der Waals surface area (Å²) in [5.41, 5.74) is 5.26. The van der Waals surface area contributed by atoms with E-state index in [1.54, 1.807) is 0 Å². The Bertz CT molecular complexity index is 197. The van der Waals surface area contributed by atoms with E-state index in [9.17, 15) is 9.90 Å². The maximum Gasteiger partial charge on any atom is 0.323 e. The molecule has 1 heterocycles. The van der Waals surface area contributed by atoms with E-state index in [4.69, 9.17) is 15.6 Å². The number of hydrogen-bond acceptors (Lipinski definition) is 4. The zero-order valence-corrected chi connectivity index (χ0v) is 7.51. The van der Waals surface area contributed by atoms with Crippen LogP contribution in [-0.2, 0) is 9.53 Å². The van der Waals surface area contributed by atoms with E-state index in [0.717, 1.165) is 6.42 Å². The van der Waals surface area contributed by atoms with Crippen molar-refractivity contribution in [2.75, 3.05) is 0 Å². The molecule has 13 heavy (non-hydrogen) atoms. The summed E-state index contributed by atoms with van der Waals surface area (Å²) in [6.45, 7) is 1.89. The highest BCUT2D eigenvalue weighted by Gasteiger charge is 2.34. The summed E-state index contributed by atoms with van der Waals surface area (Å²) < 4.78 is 5.30. The quantitative estimate of drug-likeness (QED) is 0.547. The Kier molecular flexibility index (Phi) is 3.24. The summed E-state index contributed by atoms with van der Waals surface area (Å²) in [6, 6.07) is -1.25. The first-order chi connectivity index (χ1) is 6.02. The molecule has 0 bridgehead atoms. The largest absolute Gasteiger partial charge is 0.480 e. The van der Waals surface area contributed by atoms with Gasteiger partial charge in [0.1, 0.15) is 12.1 Å². The van der Waals surface area contributed by atoms with Crippen LogP contribution >= 0.6 is 0 Å². The molecule has 0 aromatic rings. The maximum atomic E-state index is 10.4. The molecule has 0 aliphatic carbocycles. The molecular weight excluding hydrogens is 174 g/mol. The van der Waals surface area contributed by atoms with Crippen molar-refractivity contribution < 1.29 is 19.7 Å². The number of carboxylic acid groups (broad SMARTS) is 1. The minimum atomic E-state index is -1.25. The van der Waals surface area contributed by atoms with Crippen molar-refractivity contribution in [1.82, 2.24) is 0 Å². The highest BCUT2D eigenvalue weighted by molar-refractivity contribution is 5.74. The van der Waals surface area contributed by atoms with Gasteiger partial charge in [0.25, 0.3) is 0 Å². The second-order valence-electron chi connectivity index (χ2n) is 3.42. The number of carboxylic acids is 1. The van der Waals surface area contributed by atoms with Crippen molar-refractivity contribution in [3.8, 4) is 0 Å². The number of aliphatic carboxylic acids is 1. The van der Waals surface area contributed by atoms with E-state index in [-0.39, 0.29) is 6.10 Å². The lowest BCUT2D eigenvalue weighted by Gasteiger charge is -2.21. The molecule has 4 unspecified atom stereocenters. The van der Waals surface area contributed by atoms with Crippen LogP contribution in [0.1, 0.15) is 19.8 Å². The van der Waals surface area contributed by atoms with Gasteiger partial charge in [-0.25, -0.2) is 0 Å². The van der Waals surface area contributed by atoms with E-state index in [2.05, 4.69) is 0 Å². The van der Waals surface area contributed by atoms with Crippen LogP contribution in [0.15, 0.2) is 0 Å². The number of nitrogens with two attached hydrogens (primary N) is 1. The van der Waals surface area contributed by atoms with Crippen molar-refractivity contribution in [3.63, 3.8) is 0 Å². The highest BCUT2D eigenvalue weighted by Crippen LogP contribution is 2.22. The second kappa shape index (κ2) is 4.04. The lowest BCUT2D eigenvalue weighted by Crippen LogP contribution is -2.48. The number of carbonyl (C=O) groups is 1. The van der Waals surface area contributed by atoms with Gasteiger partial charge in [-0.05, 0) is 19.8 Å². The standard InChI is InChI=1S/C8H15NO4/c1-4-2-3-5(13-4)7(10)6(9)8(11)12/h4-7,10H,2-3,9H2,1H3,(H,11,12). The Morgan fingerprint density at radius 3 is 2.62 bits per heavy atom. The third-order valence-electron chi connectivity index (χ3n) is 2.30. The molecule has 0 radical (unpaired) electrons. The van der Waals surface area contributed by atoms with Gasteiger partial charge in [-0.2, -0.15) is 0 Å². The summed E-state index contributed by atoms with van der Waals surface area (Å²) in [5, 5.41) is 18.0. The molecule has 1 rings (SSSR count). The molecule has 5 heteroatoms. The number of rotatable bonds is 3. The molecule has 4 atom stereocenters. The van der Waals surface area contributed by atoms with Gasteiger partial charge in [0.05, 0.1) is 12.2 Å². The second-order valence-corrected chi connectivity index (χ2v) is 3.42. The molecule has 1 aliphatic heterocycles. The normalized spacial score (nSPS) is 32.8. The fourth-order valence-corrected chi connectivity index (χ4v) is 1.46. The molecule has 1 aliphatic rings. The topological polar surface area (TPSA) is 92.8 Å². The van der Waals surface area contributed by atoms with Crippen LogP contribution in [0.5, 0.6) is 0 Å². The van der Waals surface area contributed by atoms with Crippen molar-refractivity contribution >= 4 is 5.97 Å². The SMILES string of the molecule is CC1CCC(C(O)C(N)C(=O)O)O1. The van der Waals surface area contributed by atoms with E-state index in [1.165, 1.54) is 0 Å². The Labute approximate surface area is 76.5 Å². The van der Waals surface area contributed by atoms with Gasteiger partial charge in [0.15, 0.2) is 0 Å². The fourth-order valence-electron chi connectivity index (χ4n) is 1.46. The van der Waals surface area contributed by atoms with Crippen LogP contribution in [0.25, 0.3) is 0 Å². The number of hydrogen-bond donors (Lipinski definition) is 3. The lowest BCUT2D eigenvalue weighted by molar-refractivity contribution is -0.144. The first-order valence-electron chi connectivity index (χ1n) is 4.34. The molecule has 0 spiro atoms. The Balaban J connectivity index is 2.47. The Morgan fingerprint density at radius 2 is 2.23 bits per heavy atom. The minimum absolute atomic E-state index is 0.0839. The van der Waals surface area contributed by atoms with Crippen LogP contribution < -0.4 is 5.73 Å². The van der Waals surface area contributed by atoms with Crippen molar-refractivity contribution in [3.05, 3.63) is 0 Å². The first kappa shape index (κ1) is 10.4. The van der Waals surface area contributed by atoms with E-state index in [1.807, 2.05) is 6.92 Å². The summed E-state index contributed by atoms with van der Waals surface area (Å²) >= 11 is 0. The van der Waals surface area contributed by atoms with Crippen LogP contribution in [0.3, 0.4) is 0 Å². The summed E-state index contributed by atoms with van der Waals surface area (Å²) in [4.78, 5) is 10.4. The monoisotopic (exact) mass is 189 g/mol. The third kappa shape index (κ3) is 2.40. The summed E-state index contributed by atoms with van der Waals surface area (Å²) in [6.07, 6.45) is 0.0568. The number of aliphatic hydroxyl groups is 1. The van der Waals surface area contributed by atoms with Gasteiger partial charge in [-0.3, -0.25) is 4.79 Å². The first-order valence-corrected chi connectivity index (χ1v) is 4.34. The van der Waals surface area contributed by atoms with Crippen LogP contribution in [0.4, 0.5) is 0 Å². The number of aliphatic hydroxyl groups excluding tert-OH is 1. The van der Waals surface area contributed by atoms with Gasteiger partial charge in [-0.15, -0.1) is 0 Å². The molecule has 0 amide bonds. The predicted molar refractivity (Wildman–Crippen MR) is 45.2 cm³/mol. The van der Waals surface area contributed by atoms with Gasteiger partial charge in [0.2, 0.25) is 0 Å². The molecule has 4 N–H and O–H groups in total. The zero-order chi connectivity index (χ0) is 10.0. The molecule has 0 saturated carbocycles. The summed E-state index contributed by atoms with van der Waals surface area (Å²) in [5.74, 6) is -1.20. The average Bonchev–Trinajstić information content (AvgIpc) is 2.49. The van der Waals surface area contributed by atoms with Crippen molar-refractivity contribution in [2.45, 2.75) is 44.1 Å². The lowest BCUT2D eigenvalue weighted by atomic mass is 10.0. The molecule has 1 saturated heterocycles. The predicted octanol–water partition coefficient (Wildman–Crippen LogP) is -0.673. The molecule has 76 valence electrons. The molecule has 0 aromatic carbocycles. The summed E-state index contributed by atoms with van der Waals surface area (Å²) in [7, 11) is 0. The van der Waals surface area contributed by atoms with Gasteiger partial charge in [0, 0.05) is 0 Å². The Hall–Kier alpha value is -0.650. The molecular formula is C8H15NO4. The van der Waals surface area contributed by atoms with E-state index in [0.29, 0.717) is 6.42 Å². The Morgan fingerprint density at radius 1 is 1.62 bits per heavy atom. The molecule has 1 fully saturated rings. The van der Waals surface area contributed by atoms with Gasteiger partial charge < -0.3 is 20.7 Å². The van der Waals surface area contributed by atoms with Crippen molar-refractivity contribution in [1.29, 1.82) is 0 Å². The molecule has 5 nitrogen and oxygen atoms in total. The fraction of sp³-hybridized carbons (Fsp3) is 0.875. The highest BCUT2D eigenvalue weighted by atomic mass is 16.5. The van der Waals surface area contributed by atoms with Crippen LogP contribution in [-0.4, -0.2) is 40.5 Å². The zero-order valence-electron chi connectivity index (χ0n) is 7.51. The smallest absolute Gasteiger partial charge is 0.323 e. The minimum Gasteiger partial charge on any atom is -0.480 e. The number of ether oxygens (including phenoxy) is 1. The van der Waals surface area contributed by atoms with Gasteiger partial charge >= 0.3 is 5.97 Å². The van der Waals surface area contributed by atoms with Crippen LogP contribution in [0.2, 0.25) is 0 Å². The van der Waals surface area contributed by atoms with Gasteiger partial charge in [-0.1, -0.05) is 0 Å². The van der Waals surface area contributed by atoms with Crippen LogP contribution in [0, 0.1) is 0 Å².